The van der Waals surface area contributed by atoms with Crippen LogP contribution in [0, 0.1) is 0 Å². The maximum absolute atomic E-state index is 3.66. The van der Waals surface area contributed by atoms with E-state index >= 15 is 0 Å². The van der Waals surface area contributed by atoms with Crippen LogP contribution in [0.25, 0.3) is 6.08 Å². The smallest absolute Gasteiger partial charge is 0.0225 e. The Morgan fingerprint density at radius 2 is 2.08 bits per heavy atom. The van der Waals surface area contributed by atoms with Gasteiger partial charge in [0.15, 0.2) is 0 Å². The van der Waals surface area contributed by atoms with Gasteiger partial charge in [0.2, 0.25) is 0 Å². The number of rotatable bonds is 4. The highest BCUT2D eigenvalue weighted by molar-refractivity contribution is 5.55. The molecule has 0 heterocycles. The molecule has 0 nitrogen and oxygen atoms in total. The Kier molecular flexibility index (Phi) is 4.04. The van der Waals surface area contributed by atoms with Crippen LogP contribution in [0.15, 0.2) is 43.0 Å². The summed E-state index contributed by atoms with van der Waals surface area (Å²) in [6.45, 7) is 5.87. The summed E-state index contributed by atoms with van der Waals surface area (Å²) in [7, 11) is 0. The van der Waals surface area contributed by atoms with Gasteiger partial charge in [0.1, 0.15) is 0 Å². The summed E-state index contributed by atoms with van der Waals surface area (Å²) < 4.78 is 0. The van der Waals surface area contributed by atoms with Crippen molar-refractivity contribution >= 4 is 6.08 Å². The number of allylic oxidation sites excluding steroid dienone is 2. The van der Waals surface area contributed by atoms with Crippen LogP contribution in [0.4, 0.5) is 0 Å². The lowest BCUT2D eigenvalue weighted by Crippen LogP contribution is -1.86. The fraction of sp³-hybridized carbons (Fsp3) is 0.231. The summed E-state index contributed by atoms with van der Waals surface area (Å²) in [4.78, 5) is 0. The zero-order chi connectivity index (χ0) is 9.52. The Morgan fingerprint density at radius 1 is 1.31 bits per heavy atom. The van der Waals surface area contributed by atoms with Gasteiger partial charge in [0, 0.05) is 0 Å². The lowest BCUT2D eigenvalue weighted by atomic mass is 10.0. The molecule has 0 aliphatic heterocycles. The van der Waals surface area contributed by atoms with Crippen molar-refractivity contribution in [2.45, 2.75) is 19.8 Å². The van der Waals surface area contributed by atoms with Gasteiger partial charge in [0.25, 0.3) is 0 Å². The van der Waals surface area contributed by atoms with Gasteiger partial charge in [-0.15, -0.1) is 0 Å². The van der Waals surface area contributed by atoms with Crippen molar-refractivity contribution < 1.29 is 0 Å². The van der Waals surface area contributed by atoms with Gasteiger partial charge in [-0.05, 0) is 17.5 Å². The topological polar surface area (TPSA) is 0 Å². The summed E-state index contributed by atoms with van der Waals surface area (Å²) in [6, 6.07) is 8.50. The van der Waals surface area contributed by atoms with Crippen molar-refractivity contribution in [2.24, 2.45) is 0 Å². The van der Waals surface area contributed by atoms with Crippen LogP contribution in [0.2, 0.25) is 0 Å². The van der Waals surface area contributed by atoms with E-state index in [2.05, 4.69) is 43.8 Å². The van der Waals surface area contributed by atoms with Gasteiger partial charge in [-0.3, -0.25) is 0 Å². The van der Waals surface area contributed by atoms with Crippen molar-refractivity contribution in [1.29, 1.82) is 0 Å². The average Bonchev–Trinajstić information content (AvgIpc) is 2.17. The Labute approximate surface area is 80.6 Å². The Hall–Kier alpha value is -1.30. The van der Waals surface area contributed by atoms with Crippen molar-refractivity contribution in [3.05, 3.63) is 54.1 Å². The monoisotopic (exact) mass is 172 g/mol. The predicted octanol–water partition coefficient (Wildman–Crippen LogP) is 3.84. The second-order valence-corrected chi connectivity index (χ2v) is 3.04. The fourth-order valence-electron chi connectivity index (χ4n) is 1.37. The second kappa shape index (κ2) is 5.36. The maximum Gasteiger partial charge on any atom is -0.0225 e. The van der Waals surface area contributed by atoms with E-state index in [1.807, 2.05) is 12.2 Å². The Morgan fingerprint density at radius 3 is 2.77 bits per heavy atom. The summed E-state index contributed by atoms with van der Waals surface area (Å²) in [5.74, 6) is 0. The molecule has 0 saturated heterocycles. The molecule has 0 fully saturated rings. The molecule has 68 valence electrons. The minimum absolute atomic E-state index is 1.15. The third-order valence-corrected chi connectivity index (χ3v) is 1.99. The van der Waals surface area contributed by atoms with Crippen molar-refractivity contribution in [3.63, 3.8) is 0 Å². The van der Waals surface area contributed by atoms with Crippen molar-refractivity contribution in [2.75, 3.05) is 0 Å². The molecular formula is C13H16. The quantitative estimate of drug-likeness (QED) is 0.605. The molecule has 1 aromatic carbocycles. The molecule has 1 aromatic rings. The van der Waals surface area contributed by atoms with Gasteiger partial charge < -0.3 is 0 Å². The van der Waals surface area contributed by atoms with E-state index in [-0.39, 0.29) is 0 Å². The zero-order valence-corrected chi connectivity index (χ0v) is 8.16. The Bertz CT molecular complexity index is 295. The maximum atomic E-state index is 3.66. The number of hydrogen-bond donors (Lipinski definition) is 0. The molecule has 0 spiro atoms. The van der Waals surface area contributed by atoms with Crippen LogP contribution < -0.4 is 0 Å². The lowest BCUT2D eigenvalue weighted by Gasteiger charge is -2.02. The first-order chi connectivity index (χ1) is 6.38. The average molecular weight is 172 g/mol. The molecule has 0 N–H and O–H groups in total. The van der Waals surface area contributed by atoms with E-state index in [1.54, 1.807) is 0 Å². The normalized spacial score (nSPS) is 10.5. The van der Waals surface area contributed by atoms with Gasteiger partial charge in [0.05, 0.1) is 0 Å². The van der Waals surface area contributed by atoms with E-state index in [0.717, 1.165) is 6.42 Å². The fourth-order valence-corrected chi connectivity index (χ4v) is 1.37. The van der Waals surface area contributed by atoms with Crippen LogP contribution >= 0.6 is 0 Å². The number of benzene rings is 1. The first-order valence-corrected chi connectivity index (χ1v) is 4.75. The van der Waals surface area contributed by atoms with E-state index in [4.69, 9.17) is 0 Å². The molecule has 0 aliphatic carbocycles. The highest BCUT2D eigenvalue weighted by atomic mass is 14.0. The summed E-state index contributed by atoms with van der Waals surface area (Å²) >= 11 is 0. The molecule has 0 saturated carbocycles. The van der Waals surface area contributed by atoms with E-state index < -0.39 is 0 Å². The van der Waals surface area contributed by atoms with Crippen LogP contribution in [-0.4, -0.2) is 0 Å². The third kappa shape index (κ3) is 2.90. The number of aryl methyl sites for hydroxylation is 1. The second-order valence-electron chi connectivity index (χ2n) is 3.04. The van der Waals surface area contributed by atoms with Crippen molar-refractivity contribution in [1.82, 2.24) is 0 Å². The summed E-state index contributed by atoms with van der Waals surface area (Å²) in [6.07, 6.45) is 8.24. The molecule has 0 heteroatoms. The van der Waals surface area contributed by atoms with Crippen LogP contribution in [0.3, 0.4) is 0 Å². The van der Waals surface area contributed by atoms with Crippen LogP contribution in [0.1, 0.15) is 24.5 Å². The van der Waals surface area contributed by atoms with E-state index in [0.29, 0.717) is 0 Å². The van der Waals surface area contributed by atoms with E-state index in [1.165, 1.54) is 17.5 Å². The van der Waals surface area contributed by atoms with Crippen LogP contribution in [0.5, 0.6) is 0 Å². The minimum atomic E-state index is 1.15. The van der Waals surface area contributed by atoms with E-state index in [9.17, 15) is 0 Å². The van der Waals surface area contributed by atoms with Gasteiger partial charge in [-0.1, -0.05) is 62.4 Å². The third-order valence-electron chi connectivity index (χ3n) is 1.99. The molecule has 0 atom stereocenters. The molecule has 13 heavy (non-hydrogen) atoms. The highest BCUT2D eigenvalue weighted by Gasteiger charge is 1.95. The lowest BCUT2D eigenvalue weighted by molar-refractivity contribution is 0.919. The van der Waals surface area contributed by atoms with Gasteiger partial charge in [-0.25, -0.2) is 0 Å². The predicted molar refractivity (Wildman–Crippen MR) is 59.7 cm³/mol. The zero-order valence-electron chi connectivity index (χ0n) is 8.16. The molecule has 0 bridgehead atoms. The molecule has 0 aromatic heterocycles. The Balaban J connectivity index is 2.90. The summed E-state index contributed by atoms with van der Waals surface area (Å²) in [5, 5.41) is 0. The standard InChI is InChI=1S/C13H16/c1-3-5-9-13-11-7-6-10-12(13)8-4-2/h3,5-7,9-11H,1,4,8H2,2H3/b9-5-. The SMILES string of the molecule is C=C/C=C\c1ccccc1CCC. The van der Waals surface area contributed by atoms with Crippen LogP contribution in [-0.2, 0) is 6.42 Å². The first-order valence-electron chi connectivity index (χ1n) is 4.75. The highest BCUT2D eigenvalue weighted by Crippen LogP contribution is 2.12. The molecular weight excluding hydrogens is 156 g/mol. The molecule has 1 rings (SSSR count). The molecule has 0 unspecified atom stereocenters. The largest absolute Gasteiger partial charge is 0.0991 e. The number of hydrogen-bond acceptors (Lipinski definition) is 0. The van der Waals surface area contributed by atoms with Crippen molar-refractivity contribution in [3.8, 4) is 0 Å². The van der Waals surface area contributed by atoms with Gasteiger partial charge in [-0.2, -0.15) is 0 Å². The van der Waals surface area contributed by atoms with Gasteiger partial charge >= 0.3 is 0 Å². The minimum Gasteiger partial charge on any atom is -0.0991 e. The molecule has 0 radical (unpaired) electrons. The summed E-state index contributed by atoms with van der Waals surface area (Å²) in [5.41, 5.74) is 2.73. The molecule has 0 amide bonds. The molecule has 0 aliphatic rings. The first kappa shape index (κ1) is 9.79.